The second-order valence-electron chi connectivity index (χ2n) is 6.56. The summed E-state index contributed by atoms with van der Waals surface area (Å²) in [7, 11) is 1.49. The Bertz CT molecular complexity index is 1240. The molecule has 3 aromatic rings. The third-order valence-electron chi connectivity index (χ3n) is 4.44. The highest BCUT2D eigenvalue weighted by Gasteiger charge is 2.19. The van der Waals surface area contributed by atoms with Gasteiger partial charge in [0.15, 0.2) is 0 Å². The Morgan fingerprint density at radius 3 is 2.52 bits per heavy atom. The molecule has 3 rings (SSSR count). The van der Waals surface area contributed by atoms with E-state index in [0.717, 1.165) is 4.57 Å². The Hall–Kier alpha value is -2.58. The summed E-state index contributed by atoms with van der Waals surface area (Å²) in [5, 5.41) is 3.76. The second kappa shape index (κ2) is 10.2. The zero-order valence-corrected chi connectivity index (χ0v) is 18.7. The van der Waals surface area contributed by atoms with Crippen LogP contribution in [0.25, 0.3) is 5.69 Å². The Kier molecular flexibility index (Phi) is 7.56. The Balaban J connectivity index is 2.01. The van der Waals surface area contributed by atoms with Crippen LogP contribution in [0.1, 0.15) is 15.9 Å². The maximum atomic E-state index is 13.1. The molecule has 0 atom stereocenters. The maximum absolute atomic E-state index is 13.1. The number of halogens is 3. The van der Waals surface area contributed by atoms with Crippen molar-refractivity contribution in [3.8, 4) is 5.69 Å². The first-order valence-electron chi connectivity index (χ1n) is 9.15. The number of benzene rings is 2. The topological polar surface area (TPSA) is 82.3 Å². The van der Waals surface area contributed by atoms with Crippen LogP contribution in [0.4, 0.5) is 0 Å². The van der Waals surface area contributed by atoms with Gasteiger partial charge >= 0.3 is 5.69 Å². The van der Waals surface area contributed by atoms with Crippen molar-refractivity contribution >= 4 is 40.7 Å². The first-order chi connectivity index (χ1) is 14.8. The van der Waals surface area contributed by atoms with E-state index in [9.17, 15) is 14.4 Å². The molecule has 1 N–H and O–H groups in total. The number of methoxy groups -OCH3 is 1. The maximum Gasteiger partial charge on any atom is 0.335 e. The molecule has 0 radical (unpaired) electrons. The molecule has 1 heterocycles. The number of ether oxygens (including phenoxy) is 1. The van der Waals surface area contributed by atoms with Gasteiger partial charge in [0.2, 0.25) is 0 Å². The summed E-state index contributed by atoms with van der Waals surface area (Å²) < 4.78 is 7.19. The number of nitrogens with one attached hydrogen (secondary N) is 1. The van der Waals surface area contributed by atoms with E-state index >= 15 is 0 Å². The van der Waals surface area contributed by atoms with Crippen molar-refractivity contribution in [2.24, 2.45) is 0 Å². The van der Waals surface area contributed by atoms with Crippen molar-refractivity contribution in [1.29, 1.82) is 0 Å². The quantitative estimate of drug-likeness (QED) is 0.558. The number of hydrogen-bond donors (Lipinski definition) is 1. The molecule has 0 aliphatic carbocycles. The lowest BCUT2D eigenvalue weighted by molar-refractivity contribution is 0.0947. The first-order valence-corrected chi connectivity index (χ1v) is 10.3. The van der Waals surface area contributed by atoms with Gasteiger partial charge in [0.1, 0.15) is 5.56 Å². The zero-order chi connectivity index (χ0) is 22.5. The zero-order valence-electron chi connectivity index (χ0n) is 16.4. The third-order valence-corrected chi connectivity index (χ3v) is 5.41. The normalized spacial score (nSPS) is 10.8. The van der Waals surface area contributed by atoms with Crippen molar-refractivity contribution in [1.82, 2.24) is 14.5 Å². The number of hydrogen-bond acceptors (Lipinski definition) is 4. The number of amides is 1. The summed E-state index contributed by atoms with van der Waals surface area (Å²) in [6.45, 7) is 0.491. The molecule has 0 unspecified atom stereocenters. The Labute approximate surface area is 192 Å². The van der Waals surface area contributed by atoms with Crippen molar-refractivity contribution in [2.45, 2.75) is 13.1 Å². The predicted octanol–water partition coefficient (Wildman–Crippen LogP) is 3.54. The lowest BCUT2D eigenvalue weighted by Crippen LogP contribution is -2.43. The van der Waals surface area contributed by atoms with Gasteiger partial charge in [0.05, 0.1) is 28.9 Å². The Morgan fingerprint density at radius 2 is 1.84 bits per heavy atom. The summed E-state index contributed by atoms with van der Waals surface area (Å²) in [6.07, 6.45) is 1.23. The largest absolute Gasteiger partial charge is 0.383 e. The number of carbonyl (C=O) groups is 1. The molecule has 0 aliphatic rings. The minimum atomic E-state index is -0.757. The summed E-state index contributed by atoms with van der Waals surface area (Å²) >= 11 is 17.9. The van der Waals surface area contributed by atoms with Crippen LogP contribution in [0, 0.1) is 0 Å². The van der Waals surface area contributed by atoms with E-state index in [1.807, 2.05) is 0 Å². The lowest BCUT2D eigenvalue weighted by Gasteiger charge is -2.13. The number of aromatic nitrogens is 2. The molecule has 0 saturated heterocycles. The highest BCUT2D eigenvalue weighted by Crippen LogP contribution is 2.22. The van der Waals surface area contributed by atoms with Crippen molar-refractivity contribution in [3.63, 3.8) is 0 Å². The molecule has 1 amide bonds. The minimum absolute atomic E-state index is 0.115. The standard InChI is InChI=1S/C21H18Cl3N3O4/c1-31-8-7-26-12-16(19(28)25-11-13-5-6-17(23)18(24)9-13)20(29)27(21(26)30)15-4-2-3-14(22)10-15/h2-6,9-10,12H,7-8,11H2,1H3,(H,25,28). The fourth-order valence-electron chi connectivity index (χ4n) is 2.88. The van der Waals surface area contributed by atoms with E-state index in [4.69, 9.17) is 39.5 Å². The molecule has 7 nitrogen and oxygen atoms in total. The molecule has 2 aromatic carbocycles. The molecular weight excluding hydrogens is 465 g/mol. The van der Waals surface area contributed by atoms with Crippen LogP contribution in [0.5, 0.6) is 0 Å². The van der Waals surface area contributed by atoms with Crippen LogP contribution in [0.3, 0.4) is 0 Å². The van der Waals surface area contributed by atoms with Gasteiger partial charge in [-0.15, -0.1) is 0 Å². The summed E-state index contributed by atoms with van der Waals surface area (Å²) in [6, 6.07) is 11.2. The first kappa shape index (κ1) is 23.1. The molecule has 31 heavy (non-hydrogen) atoms. The van der Waals surface area contributed by atoms with E-state index in [2.05, 4.69) is 5.32 Å². The number of rotatable bonds is 7. The monoisotopic (exact) mass is 481 g/mol. The SMILES string of the molecule is COCCn1cc(C(=O)NCc2ccc(Cl)c(Cl)c2)c(=O)n(-c2cccc(Cl)c2)c1=O. The van der Waals surface area contributed by atoms with Gasteiger partial charge in [-0.1, -0.05) is 46.9 Å². The van der Waals surface area contributed by atoms with E-state index in [-0.39, 0.29) is 30.9 Å². The fraction of sp³-hybridized carbons (Fsp3) is 0.190. The molecule has 0 aliphatic heterocycles. The summed E-state index contributed by atoms with van der Waals surface area (Å²) in [5.41, 5.74) is -0.605. The van der Waals surface area contributed by atoms with Crippen LogP contribution in [0.2, 0.25) is 15.1 Å². The van der Waals surface area contributed by atoms with Crippen LogP contribution >= 0.6 is 34.8 Å². The van der Waals surface area contributed by atoms with Crippen LogP contribution in [0.15, 0.2) is 58.3 Å². The molecule has 0 bridgehead atoms. The van der Waals surface area contributed by atoms with Crippen molar-refractivity contribution < 1.29 is 9.53 Å². The van der Waals surface area contributed by atoms with Crippen LogP contribution < -0.4 is 16.6 Å². The van der Waals surface area contributed by atoms with Gasteiger partial charge < -0.3 is 10.1 Å². The molecule has 0 fully saturated rings. The van der Waals surface area contributed by atoms with Gasteiger partial charge in [-0.05, 0) is 35.9 Å². The van der Waals surface area contributed by atoms with Crippen LogP contribution in [-0.2, 0) is 17.8 Å². The molecule has 1 aromatic heterocycles. The fourth-order valence-corrected chi connectivity index (χ4v) is 3.38. The van der Waals surface area contributed by atoms with Crippen molar-refractivity contribution in [2.75, 3.05) is 13.7 Å². The van der Waals surface area contributed by atoms with E-state index in [1.165, 1.54) is 23.9 Å². The third kappa shape index (κ3) is 5.37. The lowest BCUT2D eigenvalue weighted by atomic mass is 10.2. The molecule has 10 heteroatoms. The molecular formula is C21H18Cl3N3O4. The smallest absolute Gasteiger partial charge is 0.335 e. The summed E-state index contributed by atoms with van der Waals surface area (Å²) in [4.78, 5) is 38.8. The number of nitrogens with zero attached hydrogens (tertiary/aromatic N) is 2. The van der Waals surface area contributed by atoms with Gasteiger partial charge in [-0.3, -0.25) is 14.2 Å². The second-order valence-corrected chi connectivity index (χ2v) is 7.81. The molecule has 0 spiro atoms. The van der Waals surface area contributed by atoms with Crippen LogP contribution in [-0.4, -0.2) is 28.8 Å². The average molecular weight is 483 g/mol. The van der Waals surface area contributed by atoms with E-state index < -0.39 is 17.2 Å². The molecule has 0 saturated carbocycles. The molecule has 162 valence electrons. The van der Waals surface area contributed by atoms with E-state index in [1.54, 1.807) is 36.4 Å². The highest BCUT2D eigenvalue weighted by atomic mass is 35.5. The highest BCUT2D eigenvalue weighted by molar-refractivity contribution is 6.42. The van der Waals surface area contributed by atoms with E-state index in [0.29, 0.717) is 20.6 Å². The van der Waals surface area contributed by atoms with Crippen molar-refractivity contribution in [3.05, 3.63) is 95.7 Å². The Morgan fingerprint density at radius 1 is 1.06 bits per heavy atom. The minimum Gasteiger partial charge on any atom is -0.383 e. The average Bonchev–Trinajstić information content (AvgIpc) is 2.74. The van der Waals surface area contributed by atoms with Gasteiger partial charge in [0.25, 0.3) is 11.5 Å². The number of carbonyl (C=O) groups excluding carboxylic acids is 1. The summed E-state index contributed by atoms with van der Waals surface area (Å²) in [5.74, 6) is -0.641. The van der Waals surface area contributed by atoms with Gasteiger partial charge in [-0.2, -0.15) is 0 Å². The predicted molar refractivity (Wildman–Crippen MR) is 121 cm³/mol. The van der Waals surface area contributed by atoms with Gasteiger partial charge in [0, 0.05) is 24.9 Å². The van der Waals surface area contributed by atoms with Gasteiger partial charge in [-0.25, -0.2) is 9.36 Å².